The minimum absolute atomic E-state index is 0.0841. The van der Waals surface area contributed by atoms with Gasteiger partial charge in [-0.3, -0.25) is 9.59 Å². The first-order valence-electron chi connectivity index (χ1n) is 9.40. The predicted molar refractivity (Wildman–Crippen MR) is 106 cm³/mol. The van der Waals surface area contributed by atoms with E-state index in [1.807, 2.05) is 6.92 Å². The Hall–Kier alpha value is -3.03. The van der Waals surface area contributed by atoms with Crippen LogP contribution in [-0.4, -0.2) is 49.0 Å². The summed E-state index contributed by atoms with van der Waals surface area (Å²) in [7, 11) is 3.11. The Labute approximate surface area is 164 Å². The lowest BCUT2D eigenvalue weighted by atomic mass is 10.0. The number of carbonyl (C=O) groups is 1. The number of benzene rings is 1. The fourth-order valence-electron chi connectivity index (χ4n) is 3.36. The second-order valence-corrected chi connectivity index (χ2v) is 6.67. The number of nitrogens with zero attached hydrogens (tertiary/aromatic N) is 3. The lowest BCUT2D eigenvalue weighted by molar-refractivity contribution is 0.0930. The molecule has 1 N–H and O–H groups in total. The molecule has 0 aliphatic carbocycles. The van der Waals surface area contributed by atoms with Crippen molar-refractivity contribution in [2.75, 3.05) is 32.2 Å². The van der Waals surface area contributed by atoms with E-state index in [9.17, 15) is 9.59 Å². The molecule has 0 saturated carbocycles. The van der Waals surface area contributed by atoms with Crippen molar-refractivity contribution >= 4 is 11.6 Å². The van der Waals surface area contributed by atoms with Crippen molar-refractivity contribution in [1.29, 1.82) is 0 Å². The number of piperidine rings is 1. The van der Waals surface area contributed by atoms with Crippen molar-refractivity contribution < 1.29 is 14.3 Å². The molecule has 1 aromatic carbocycles. The maximum Gasteiger partial charge on any atom is 0.268 e. The van der Waals surface area contributed by atoms with Crippen LogP contribution in [0.2, 0.25) is 0 Å². The Morgan fingerprint density at radius 2 is 1.89 bits per heavy atom. The van der Waals surface area contributed by atoms with Gasteiger partial charge in [-0.15, -0.1) is 0 Å². The van der Waals surface area contributed by atoms with Crippen LogP contribution >= 0.6 is 0 Å². The van der Waals surface area contributed by atoms with Crippen molar-refractivity contribution in [3.63, 3.8) is 0 Å². The number of nitrogens with one attached hydrogen (secondary N) is 1. The van der Waals surface area contributed by atoms with Gasteiger partial charge in [0.25, 0.3) is 11.5 Å². The molecule has 1 aliphatic heterocycles. The highest BCUT2D eigenvalue weighted by Gasteiger charge is 2.22. The molecular formula is C20H26N4O4. The summed E-state index contributed by atoms with van der Waals surface area (Å²) in [6.45, 7) is 3.96. The van der Waals surface area contributed by atoms with Crippen LogP contribution in [0.3, 0.4) is 0 Å². The van der Waals surface area contributed by atoms with E-state index in [4.69, 9.17) is 9.47 Å². The van der Waals surface area contributed by atoms with Gasteiger partial charge in [-0.2, -0.15) is 5.10 Å². The Kier molecular flexibility index (Phi) is 6.18. The molecule has 8 heteroatoms. The molecule has 2 aromatic rings. The topological polar surface area (TPSA) is 85.7 Å². The molecular weight excluding hydrogens is 360 g/mol. The molecule has 150 valence electrons. The van der Waals surface area contributed by atoms with Gasteiger partial charge in [0.1, 0.15) is 0 Å². The van der Waals surface area contributed by atoms with E-state index in [1.165, 1.54) is 4.68 Å². The van der Waals surface area contributed by atoms with Gasteiger partial charge in [-0.1, -0.05) is 0 Å². The predicted octanol–water partition coefficient (Wildman–Crippen LogP) is 1.68. The zero-order chi connectivity index (χ0) is 20.1. The van der Waals surface area contributed by atoms with Crippen LogP contribution in [-0.2, 0) is 6.54 Å². The van der Waals surface area contributed by atoms with E-state index in [0.29, 0.717) is 23.6 Å². The third-order valence-corrected chi connectivity index (χ3v) is 5.00. The van der Waals surface area contributed by atoms with E-state index in [1.54, 1.807) is 44.7 Å². The standard InChI is InChI=1S/C20H26N4O4/c1-4-24-19(25)12-16(13-21-24)23-9-7-15(8-10-23)22-20(26)14-5-6-17(27-2)18(11-14)28-3/h5-6,11-13,15H,4,7-10H2,1-3H3,(H,22,26). The normalized spacial score (nSPS) is 14.6. The summed E-state index contributed by atoms with van der Waals surface area (Å²) in [6, 6.07) is 6.83. The van der Waals surface area contributed by atoms with Crippen LogP contribution in [0.5, 0.6) is 11.5 Å². The van der Waals surface area contributed by atoms with Crippen molar-refractivity contribution in [2.45, 2.75) is 32.4 Å². The maximum atomic E-state index is 12.6. The molecule has 1 aliphatic rings. The largest absolute Gasteiger partial charge is 0.493 e. The van der Waals surface area contributed by atoms with Crippen LogP contribution in [0.25, 0.3) is 0 Å². The van der Waals surface area contributed by atoms with Crippen molar-refractivity contribution in [2.24, 2.45) is 0 Å². The Balaban J connectivity index is 1.59. The summed E-state index contributed by atoms with van der Waals surface area (Å²) >= 11 is 0. The summed E-state index contributed by atoms with van der Waals surface area (Å²) < 4.78 is 11.9. The molecule has 0 atom stereocenters. The van der Waals surface area contributed by atoms with Gasteiger partial charge in [0.05, 0.1) is 26.1 Å². The second-order valence-electron chi connectivity index (χ2n) is 6.67. The molecule has 0 radical (unpaired) electrons. The third kappa shape index (κ3) is 4.27. The first-order chi connectivity index (χ1) is 13.5. The highest BCUT2D eigenvalue weighted by Crippen LogP contribution is 2.27. The zero-order valence-corrected chi connectivity index (χ0v) is 16.5. The average molecular weight is 386 g/mol. The van der Waals surface area contributed by atoms with Gasteiger partial charge in [0, 0.05) is 37.3 Å². The van der Waals surface area contributed by atoms with E-state index >= 15 is 0 Å². The van der Waals surface area contributed by atoms with E-state index in [2.05, 4.69) is 15.3 Å². The minimum atomic E-state index is -0.133. The lowest BCUT2D eigenvalue weighted by Crippen LogP contribution is -2.45. The second kappa shape index (κ2) is 8.77. The van der Waals surface area contributed by atoms with Crippen LogP contribution in [0.1, 0.15) is 30.1 Å². The van der Waals surface area contributed by atoms with Crippen LogP contribution in [0.15, 0.2) is 35.3 Å². The number of aryl methyl sites for hydroxylation is 1. The van der Waals surface area contributed by atoms with Gasteiger partial charge in [-0.25, -0.2) is 4.68 Å². The van der Waals surface area contributed by atoms with Gasteiger partial charge >= 0.3 is 0 Å². The number of amides is 1. The molecule has 1 aromatic heterocycles. The Bertz CT molecular complexity index is 888. The van der Waals surface area contributed by atoms with E-state index < -0.39 is 0 Å². The molecule has 1 amide bonds. The molecule has 3 rings (SSSR count). The summed E-state index contributed by atoms with van der Waals surface area (Å²) in [5, 5.41) is 7.26. The van der Waals surface area contributed by atoms with Crippen molar-refractivity contribution in [1.82, 2.24) is 15.1 Å². The van der Waals surface area contributed by atoms with Gasteiger partial charge in [-0.05, 0) is 38.0 Å². The number of anilines is 1. The number of methoxy groups -OCH3 is 2. The van der Waals surface area contributed by atoms with Crippen LogP contribution < -0.4 is 25.2 Å². The molecule has 0 spiro atoms. The van der Waals surface area contributed by atoms with Gasteiger partial charge < -0.3 is 19.7 Å². The first-order valence-corrected chi connectivity index (χ1v) is 9.40. The van der Waals surface area contributed by atoms with Crippen LogP contribution in [0, 0.1) is 0 Å². The monoisotopic (exact) mass is 386 g/mol. The summed E-state index contributed by atoms with van der Waals surface area (Å²) in [4.78, 5) is 26.7. The summed E-state index contributed by atoms with van der Waals surface area (Å²) in [5.74, 6) is 0.983. The number of carbonyl (C=O) groups excluding carboxylic acids is 1. The molecule has 0 bridgehead atoms. The quantitative estimate of drug-likeness (QED) is 0.813. The Morgan fingerprint density at radius 1 is 1.18 bits per heavy atom. The van der Waals surface area contributed by atoms with E-state index in [0.717, 1.165) is 31.6 Å². The number of aromatic nitrogens is 2. The van der Waals surface area contributed by atoms with Gasteiger partial charge in [0.15, 0.2) is 11.5 Å². The SMILES string of the molecule is CCn1ncc(N2CCC(NC(=O)c3ccc(OC)c(OC)c3)CC2)cc1=O. The number of rotatable bonds is 6. The number of hydrogen-bond acceptors (Lipinski definition) is 6. The number of ether oxygens (including phenoxy) is 2. The molecule has 28 heavy (non-hydrogen) atoms. The summed E-state index contributed by atoms with van der Waals surface area (Å²) in [6.07, 6.45) is 3.33. The molecule has 1 fully saturated rings. The fraction of sp³-hybridized carbons (Fsp3) is 0.450. The third-order valence-electron chi connectivity index (χ3n) is 5.00. The number of hydrogen-bond donors (Lipinski definition) is 1. The molecule has 1 saturated heterocycles. The minimum Gasteiger partial charge on any atom is -0.493 e. The Morgan fingerprint density at radius 3 is 2.50 bits per heavy atom. The van der Waals surface area contributed by atoms with E-state index in [-0.39, 0.29) is 17.5 Å². The van der Waals surface area contributed by atoms with Crippen LogP contribution in [0.4, 0.5) is 5.69 Å². The molecule has 8 nitrogen and oxygen atoms in total. The molecule has 2 heterocycles. The average Bonchev–Trinajstić information content (AvgIpc) is 2.73. The molecule has 0 unspecified atom stereocenters. The van der Waals surface area contributed by atoms with Gasteiger partial charge in [0.2, 0.25) is 0 Å². The summed E-state index contributed by atoms with van der Waals surface area (Å²) in [5.41, 5.74) is 1.27. The highest BCUT2D eigenvalue weighted by atomic mass is 16.5. The van der Waals surface area contributed by atoms with Crippen molar-refractivity contribution in [3.05, 3.63) is 46.4 Å². The highest BCUT2D eigenvalue weighted by molar-refractivity contribution is 5.95. The van der Waals surface area contributed by atoms with Crippen molar-refractivity contribution in [3.8, 4) is 11.5 Å². The smallest absolute Gasteiger partial charge is 0.268 e. The fourth-order valence-corrected chi connectivity index (χ4v) is 3.36. The zero-order valence-electron chi connectivity index (χ0n) is 16.5. The first kappa shape index (κ1) is 19.7. The lowest BCUT2D eigenvalue weighted by Gasteiger charge is -2.33. The maximum absolute atomic E-state index is 12.6.